The molecule has 0 aliphatic heterocycles. The molecule has 190 valence electrons. The second-order valence-electron chi connectivity index (χ2n) is 12.3. The first-order valence-electron chi connectivity index (χ1n) is 11.4. The van der Waals surface area contributed by atoms with Crippen LogP contribution >= 0.6 is 15.8 Å². The number of carbonyl (C=O) groups is 1. The summed E-state index contributed by atoms with van der Waals surface area (Å²) in [5.74, 6) is 4.14. The Kier molecular flexibility index (Phi) is 14.9. The van der Waals surface area contributed by atoms with Crippen LogP contribution in [0.25, 0.3) is 11.1 Å². The molecule has 0 unspecified atom stereocenters. The molecule has 0 saturated heterocycles. The van der Waals surface area contributed by atoms with Gasteiger partial charge in [0.1, 0.15) is 0 Å². The molecule has 0 heterocycles. The monoisotopic (exact) mass is 673 g/mol. The van der Waals surface area contributed by atoms with Crippen molar-refractivity contribution in [2.45, 2.75) is 104 Å². The van der Waals surface area contributed by atoms with E-state index in [1.807, 2.05) is 18.5 Å². The number of nitrogens with zero attached hydrogens (tertiary/aromatic N) is 1. The molecule has 1 amide bonds. The Hall–Kier alpha value is -0.482. The minimum Gasteiger partial charge on any atom is -0.665 e. The van der Waals surface area contributed by atoms with Gasteiger partial charge in [-0.3, -0.25) is 0 Å². The third kappa shape index (κ3) is 14.5. The first-order chi connectivity index (χ1) is 14.3. The molecule has 0 aliphatic carbocycles. The van der Waals surface area contributed by atoms with Crippen molar-refractivity contribution >= 4 is 21.8 Å². The van der Waals surface area contributed by atoms with Gasteiger partial charge in [-0.1, -0.05) is 30.3 Å². The van der Waals surface area contributed by atoms with Gasteiger partial charge in [0.05, 0.1) is 26.5 Å². The maximum atomic E-state index is 10.3. The van der Waals surface area contributed by atoms with Crippen LogP contribution in [0.5, 0.6) is 0 Å². The van der Waals surface area contributed by atoms with Crippen molar-refractivity contribution < 1.29 is 25.9 Å². The largest absolute Gasteiger partial charge is 2.00 e. The molecule has 0 bridgehead atoms. The average molecular weight is 674 g/mol. The molecule has 0 spiro atoms. The Morgan fingerprint density at radius 1 is 0.697 bits per heavy atom. The Morgan fingerprint density at radius 3 is 1.21 bits per heavy atom. The van der Waals surface area contributed by atoms with Gasteiger partial charge in [-0.15, -0.1) is 12.4 Å². The van der Waals surface area contributed by atoms with E-state index in [1.54, 1.807) is 24.3 Å². The summed E-state index contributed by atoms with van der Waals surface area (Å²) in [6, 6.07) is 8.53. The Bertz CT molecular complexity index is 682. The smallest absolute Gasteiger partial charge is 0.665 e. The first-order valence-corrected chi connectivity index (χ1v) is 14.5. The van der Waals surface area contributed by atoms with E-state index in [-0.39, 0.29) is 21.1 Å². The number of carbonyl (C=O) groups excluding carboxylic acids is 1. The summed E-state index contributed by atoms with van der Waals surface area (Å²) in [6.45, 7) is 28.3. The standard InChI is InChI=1S/C20H40NP2.C7H7NO.Pt/c1-17(2,3)22(18(4,5)6)15-13-21-14-16-23(19(7,8)9)20(10,11)12;8-7(9)6-4-2-1-3-5-6;/h13-16H,1-12H3;1-5H,(H2,8,9);/q-1;;+2/p+1/b15-13-,16-14-;;. The van der Waals surface area contributed by atoms with Crippen molar-refractivity contribution in [1.29, 1.82) is 0 Å². The van der Waals surface area contributed by atoms with Crippen LogP contribution in [-0.2, 0) is 21.1 Å². The molecular weight excluding hydrogens is 625 g/mol. The third-order valence-electron chi connectivity index (χ3n) is 4.92. The quantitative estimate of drug-likeness (QED) is 0.287. The fourth-order valence-corrected chi connectivity index (χ4v) is 11.1. The van der Waals surface area contributed by atoms with Crippen LogP contribution in [0.2, 0.25) is 0 Å². The van der Waals surface area contributed by atoms with Crippen LogP contribution in [0.3, 0.4) is 0 Å². The van der Waals surface area contributed by atoms with Gasteiger partial charge >= 0.3 is 21.1 Å². The number of nitrogens with one attached hydrogen (secondary N) is 1. The molecule has 6 heteroatoms. The van der Waals surface area contributed by atoms with Gasteiger partial charge in [-0.25, -0.2) is 0 Å². The normalized spacial score (nSPS) is 13.2. The van der Waals surface area contributed by atoms with E-state index in [2.05, 4.69) is 100 Å². The fraction of sp³-hybridized carbons (Fsp3) is 0.593. The summed E-state index contributed by atoms with van der Waals surface area (Å²) >= 11 is 0. The van der Waals surface area contributed by atoms with Crippen molar-refractivity contribution in [3.05, 3.63) is 71.0 Å². The molecule has 0 aliphatic rings. The minimum absolute atomic E-state index is 0. The topological polar surface area (TPSA) is 55.0 Å². The Morgan fingerprint density at radius 2 is 1.00 bits per heavy atom. The number of benzene rings is 1. The molecule has 3 nitrogen and oxygen atoms in total. The van der Waals surface area contributed by atoms with Crippen molar-refractivity contribution in [2.24, 2.45) is 0 Å². The molecule has 1 aromatic carbocycles. The molecule has 1 N–H and O–H groups in total. The molecule has 1 aromatic rings. The van der Waals surface area contributed by atoms with E-state index >= 15 is 0 Å². The van der Waals surface area contributed by atoms with E-state index in [4.69, 9.17) is 5.73 Å². The van der Waals surface area contributed by atoms with Crippen LogP contribution in [-0.4, -0.2) is 26.5 Å². The predicted molar refractivity (Wildman–Crippen MR) is 152 cm³/mol. The average Bonchev–Trinajstić information content (AvgIpc) is 2.57. The summed E-state index contributed by atoms with van der Waals surface area (Å²) in [7, 11) is -1.26. The Balaban J connectivity index is 0. The van der Waals surface area contributed by atoms with Crippen molar-refractivity contribution in [2.75, 3.05) is 0 Å². The van der Waals surface area contributed by atoms with E-state index in [1.165, 1.54) is 0 Å². The predicted octanol–water partition coefficient (Wildman–Crippen LogP) is 9.80. The maximum Gasteiger partial charge on any atom is 2.00 e. The van der Waals surface area contributed by atoms with Crippen LogP contribution < -0.4 is 0 Å². The van der Waals surface area contributed by atoms with Crippen molar-refractivity contribution in [1.82, 2.24) is 0 Å². The maximum absolute atomic E-state index is 10.3. The fourth-order valence-electron chi connectivity index (χ4n) is 4.12. The molecule has 0 saturated carbocycles. The van der Waals surface area contributed by atoms with Crippen molar-refractivity contribution in [3.63, 3.8) is 0 Å². The van der Waals surface area contributed by atoms with E-state index in [9.17, 15) is 4.79 Å². The summed E-state index contributed by atoms with van der Waals surface area (Å²) in [4.78, 5) is 10.3. The van der Waals surface area contributed by atoms with Gasteiger partial charge in [0.15, 0.2) is 0 Å². The summed E-state index contributed by atoms with van der Waals surface area (Å²) in [5, 5.41) is 6.00. The number of rotatable bonds is 5. The molecule has 1 rings (SSSR count). The van der Waals surface area contributed by atoms with Gasteiger partial charge in [-0.2, -0.15) is 0 Å². The SMILES string of the molecule is CC(C)(C)[PH+](/C=C\[N-]/C=C\[PH+](C(C)(C)C)C(C)(C)C)C(C)(C)C.[NH-]C(=O)c1ccccc1.[Pt+2]. The van der Waals surface area contributed by atoms with Gasteiger partial charge in [0.2, 0.25) is 0 Å². The van der Waals surface area contributed by atoms with E-state index in [0.717, 1.165) is 0 Å². The molecular formula is C27H48N2OP2Pt+2. The second-order valence-corrected chi connectivity index (χ2v) is 20.6. The molecule has 0 atom stereocenters. The van der Waals surface area contributed by atoms with Crippen LogP contribution in [0.4, 0.5) is 0 Å². The van der Waals surface area contributed by atoms with Crippen LogP contribution in [0, 0.1) is 0 Å². The van der Waals surface area contributed by atoms with Gasteiger partial charge < -0.3 is 15.8 Å². The Labute approximate surface area is 221 Å². The number of hydrogen-bond acceptors (Lipinski definition) is 1. The second kappa shape index (κ2) is 14.2. The molecule has 0 radical (unpaired) electrons. The van der Waals surface area contributed by atoms with Crippen LogP contribution in [0.1, 0.15) is 93.4 Å². The number of hydrogen-bond donors (Lipinski definition) is 0. The summed E-state index contributed by atoms with van der Waals surface area (Å²) in [6.07, 6.45) is 4.10. The minimum atomic E-state index is -0.632. The van der Waals surface area contributed by atoms with Crippen molar-refractivity contribution in [3.8, 4) is 0 Å². The molecule has 33 heavy (non-hydrogen) atoms. The first kappa shape index (κ1) is 34.7. The molecule has 0 fully saturated rings. The van der Waals surface area contributed by atoms with Crippen LogP contribution in [0.15, 0.2) is 54.4 Å². The summed E-state index contributed by atoms with van der Waals surface area (Å²) in [5.41, 5.74) is 7.12. The van der Waals surface area contributed by atoms with Gasteiger partial charge in [0.25, 0.3) is 0 Å². The zero-order valence-electron chi connectivity index (χ0n) is 22.9. The molecule has 0 aromatic heterocycles. The zero-order chi connectivity index (χ0) is 25.4. The van der Waals surface area contributed by atoms with Gasteiger partial charge in [0, 0.05) is 27.5 Å². The zero-order valence-corrected chi connectivity index (χ0v) is 27.1. The van der Waals surface area contributed by atoms with Gasteiger partial charge in [-0.05, 0) is 88.6 Å². The summed E-state index contributed by atoms with van der Waals surface area (Å²) < 4.78 is 0. The van der Waals surface area contributed by atoms with E-state index < -0.39 is 21.8 Å². The third-order valence-corrected chi connectivity index (χ3v) is 12.4. The van der Waals surface area contributed by atoms with E-state index in [0.29, 0.717) is 26.2 Å². The number of amides is 1.